The maximum atomic E-state index is 11.6. The SMILES string of the molecule is CC(=O)N1CCCC1c1ccc(N2CCCCC2)nc1. The number of rotatable bonds is 2. The van der Waals surface area contributed by atoms with E-state index in [4.69, 9.17) is 0 Å². The predicted octanol–water partition coefficient (Wildman–Crippen LogP) is 2.76. The second-order valence-corrected chi connectivity index (χ2v) is 5.87. The van der Waals surface area contributed by atoms with Crippen molar-refractivity contribution in [2.24, 2.45) is 0 Å². The Hall–Kier alpha value is -1.58. The highest BCUT2D eigenvalue weighted by atomic mass is 16.2. The first-order valence-electron chi connectivity index (χ1n) is 7.74. The summed E-state index contributed by atoms with van der Waals surface area (Å²) < 4.78 is 0. The fourth-order valence-corrected chi connectivity index (χ4v) is 3.39. The van der Waals surface area contributed by atoms with Crippen LogP contribution in [0.4, 0.5) is 5.82 Å². The van der Waals surface area contributed by atoms with Crippen molar-refractivity contribution >= 4 is 11.7 Å². The number of piperidine rings is 1. The number of aromatic nitrogens is 1. The molecule has 0 radical (unpaired) electrons. The summed E-state index contributed by atoms with van der Waals surface area (Å²) in [4.78, 5) is 20.6. The number of hydrogen-bond donors (Lipinski definition) is 0. The van der Waals surface area contributed by atoms with Crippen LogP contribution in [-0.4, -0.2) is 35.4 Å². The normalized spacial score (nSPS) is 23.1. The molecule has 0 N–H and O–H groups in total. The van der Waals surface area contributed by atoms with Crippen molar-refractivity contribution in [2.75, 3.05) is 24.5 Å². The van der Waals surface area contributed by atoms with Gasteiger partial charge in [-0.25, -0.2) is 4.98 Å². The molecule has 0 spiro atoms. The van der Waals surface area contributed by atoms with Gasteiger partial charge in [-0.15, -0.1) is 0 Å². The van der Waals surface area contributed by atoms with Gasteiger partial charge in [0, 0.05) is 32.8 Å². The molecular formula is C16H23N3O. The summed E-state index contributed by atoms with van der Waals surface area (Å²) >= 11 is 0. The van der Waals surface area contributed by atoms with Crippen LogP contribution in [0.25, 0.3) is 0 Å². The summed E-state index contributed by atoms with van der Waals surface area (Å²) in [5.74, 6) is 1.26. The van der Waals surface area contributed by atoms with E-state index in [0.29, 0.717) is 0 Å². The van der Waals surface area contributed by atoms with Gasteiger partial charge in [-0.3, -0.25) is 4.79 Å². The van der Waals surface area contributed by atoms with Gasteiger partial charge >= 0.3 is 0 Å². The first-order valence-corrected chi connectivity index (χ1v) is 7.74. The fraction of sp³-hybridized carbons (Fsp3) is 0.625. The Balaban J connectivity index is 1.73. The minimum atomic E-state index is 0.174. The van der Waals surface area contributed by atoms with Crippen LogP contribution in [0.2, 0.25) is 0 Å². The van der Waals surface area contributed by atoms with Crippen molar-refractivity contribution in [3.8, 4) is 0 Å². The average Bonchev–Trinajstić information content (AvgIpc) is 2.98. The molecule has 1 aromatic heterocycles. The molecular weight excluding hydrogens is 250 g/mol. The number of carbonyl (C=O) groups excluding carboxylic acids is 1. The summed E-state index contributed by atoms with van der Waals surface area (Å²) in [5.41, 5.74) is 1.18. The Morgan fingerprint density at radius 3 is 2.60 bits per heavy atom. The van der Waals surface area contributed by atoms with Gasteiger partial charge in [0.05, 0.1) is 6.04 Å². The number of anilines is 1. The van der Waals surface area contributed by atoms with Crippen molar-refractivity contribution in [1.82, 2.24) is 9.88 Å². The van der Waals surface area contributed by atoms with Gasteiger partial charge in [0.25, 0.3) is 0 Å². The molecule has 0 bridgehead atoms. The molecule has 1 unspecified atom stereocenters. The third-order valence-corrected chi connectivity index (χ3v) is 4.49. The Bertz CT molecular complexity index is 465. The molecule has 3 rings (SSSR count). The summed E-state index contributed by atoms with van der Waals surface area (Å²) in [6.07, 6.45) is 8.00. The highest BCUT2D eigenvalue weighted by Gasteiger charge is 2.28. The van der Waals surface area contributed by atoms with Crippen LogP contribution in [0.3, 0.4) is 0 Å². The first kappa shape index (κ1) is 13.4. The molecule has 4 heteroatoms. The fourth-order valence-electron chi connectivity index (χ4n) is 3.39. The second kappa shape index (κ2) is 5.81. The molecule has 2 aliphatic rings. The number of carbonyl (C=O) groups is 1. The van der Waals surface area contributed by atoms with Crippen molar-refractivity contribution in [1.29, 1.82) is 0 Å². The average molecular weight is 273 g/mol. The van der Waals surface area contributed by atoms with Crippen LogP contribution in [0.1, 0.15) is 50.6 Å². The third-order valence-electron chi connectivity index (χ3n) is 4.49. The van der Waals surface area contributed by atoms with E-state index in [2.05, 4.69) is 22.0 Å². The van der Waals surface area contributed by atoms with E-state index in [-0.39, 0.29) is 11.9 Å². The van der Waals surface area contributed by atoms with Crippen molar-refractivity contribution in [2.45, 2.75) is 45.1 Å². The van der Waals surface area contributed by atoms with E-state index in [1.807, 2.05) is 11.1 Å². The summed E-state index contributed by atoms with van der Waals surface area (Å²) in [5, 5.41) is 0. The van der Waals surface area contributed by atoms with Gasteiger partial charge in [-0.1, -0.05) is 6.07 Å². The van der Waals surface area contributed by atoms with Crippen molar-refractivity contribution < 1.29 is 4.79 Å². The molecule has 1 amide bonds. The zero-order valence-electron chi connectivity index (χ0n) is 12.2. The minimum absolute atomic E-state index is 0.174. The third kappa shape index (κ3) is 2.65. The van der Waals surface area contributed by atoms with Gasteiger partial charge in [-0.05, 0) is 43.7 Å². The van der Waals surface area contributed by atoms with E-state index >= 15 is 0 Å². The smallest absolute Gasteiger partial charge is 0.219 e. The van der Waals surface area contributed by atoms with E-state index in [0.717, 1.165) is 38.3 Å². The molecule has 1 aromatic rings. The van der Waals surface area contributed by atoms with Gasteiger partial charge in [0.1, 0.15) is 5.82 Å². The van der Waals surface area contributed by atoms with E-state index in [1.54, 1.807) is 6.92 Å². The molecule has 4 nitrogen and oxygen atoms in total. The monoisotopic (exact) mass is 273 g/mol. The van der Waals surface area contributed by atoms with E-state index in [1.165, 1.54) is 24.8 Å². The summed E-state index contributed by atoms with van der Waals surface area (Å²) in [6.45, 7) is 4.78. The van der Waals surface area contributed by atoms with Crippen LogP contribution in [-0.2, 0) is 4.79 Å². The van der Waals surface area contributed by atoms with E-state index < -0.39 is 0 Å². The molecule has 1 atom stereocenters. The zero-order valence-corrected chi connectivity index (χ0v) is 12.2. The number of pyridine rings is 1. The van der Waals surface area contributed by atoms with E-state index in [9.17, 15) is 4.79 Å². The quantitative estimate of drug-likeness (QED) is 0.831. The summed E-state index contributed by atoms with van der Waals surface area (Å²) in [6, 6.07) is 4.51. The number of hydrogen-bond acceptors (Lipinski definition) is 3. The van der Waals surface area contributed by atoms with Gasteiger partial charge < -0.3 is 9.80 Å². The van der Waals surface area contributed by atoms with Crippen LogP contribution >= 0.6 is 0 Å². The molecule has 0 aliphatic carbocycles. The largest absolute Gasteiger partial charge is 0.357 e. The van der Waals surface area contributed by atoms with Crippen LogP contribution in [0.5, 0.6) is 0 Å². The summed E-state index contributed by atoms with van der Waals surface area (Å²) in [7, 11) is 0. The maximum absolute atomic E-state index is 11.6. The molecule has 108 valence electrons. The maximum Gasteiger partial charge on any atom is 0.219 e. The lowest BCUT2D eigenvalue weighted by molar-refractivity contribution is -0.129. The van der Waals surface area contributed by atoms with Crippen LogP contribution in [0, 0.1) is 0 Å². The Labute approximate surface area is 120 Å². The number of amides is 1. The number of likely N-dealkylation sites (tertiary alicyclic amines) is 1. The van der Waals surface area contributed by atoms with Gasteiger partial charge in [0.15, 0.2) is 0 Å². The van der Waals surface area contributed by atoms with Crippen LogP contribution in [0.15, 0.2) is 18.3 Å². The lowest BCUT2D eigenvalue weighted by atomic mass is 10.1. The predicted molar refractivity (Wildman–Crippen MR) is 79.7 cm³/mol. The topological polar surface area (TPSA) is 36.4 Å². The highest BCUT2D eigenvalue weighted by molar-refractivity contribution is 5.74. The molecule has 2 saturated heterocycles. The highest BCUT2D eigenvalue weighted by Crippen LogP contribution is 2.32. The minimum Gasteiger partial charge on any atom is -0.357 e. The van der Waals surface area contributed by atoms with Crippen molar-refractivity contribution in [3.63, 3.8) is 0 Å². The molecule has 0 saturated carbocycles. The second-order valence-electron chi connectivity index (χ2n) is 5.87. The molecule has 2 fully saturated rings. The Morgan fingerprint density at radius 1 is 1.15 bits per heavy atom. The van der Waals surface area contributed by atoms with Crippen LogP contribution < -0.4 is 4.90 Å². The standard InChI is InChI=1S/C16H23N3O/c1-13(20)19-11-5-6-15(19)14-7-8-16(17-12-14)18-9-3-2-4-10-18/h7-8,12,15H,2-6,9-11H2,1H3. The molecule has 0 aromatic carbocycles. The first-order chi connectivity index (χ1) is 9.75. The van der Waals surface area contributed by atoms with Gasteiger partial charge in [0.2, 0.25) is 5.91 Å². The Morgan fingerprint density at radius 2 is 1.95 bits per heavy atom. The lowest BCUT2D eigenvalue weighted by Gasteiger charge is -2.28. The van der Waals surface area contributed by atoms with Crippen molar-refractivity contribution in [3.05, 3.63) is 23.9 Å². The molecule has 20 heavy (non-hydrogen) atoms. The zero-order chi connectivity index (χ0) is 13.9. The lowest BCUT2D eigenvalue weighted by Crippen LogP contribution is -2.30. The Kier molecular flexibility index (Phi) is 3.90. The van der Waals surface area contributed by atoms with Gasteiger partial charge in [-0.2, -0.15) is 0 Å². The number of nitrogens with zero attached hydrogens (tertiary/aromatic N) is 3. The molecule has 3 heterocycles. The molecule has 2 aliphatic heterocycles.